The lowest BCUT2D eigenvalue weighted by molar-refractivity contribution is 0.412. The standard InChI is InChI=1S/C15H23N3O.HI/c16-15(18-13-6-2-1-3-7-13)17-10-9-12-5-4-8-14(19)11-12;/h4-5,8,11,13,19H,1-3,6-7,9-10H2,(H3,16,17,18);1H. The maximum atomic E-state index is 9.37. The normalized spacial score (nSPS) is 16.5. The molecule has 20 heavy (non-hydrogen) atoms. The number of halogens is 1. The first kappa shape index (κ1) is 17.1. The molecule has 0 aliphatic heterocycles. The zero-order chi connectivity index (χ0) is 13.5. The van der Waals surface area contributed by atoms with Crippen molar-refractivity contribution in [2.75, 3.05) is 6.54 Å². The molecule has 1 aromatic rings. The summed E-state index contributed by atoms with van der Waals surface area (Å²) in [5, 5.41) is 12.7. The van der Waals surface area contributed by atoms with Gasteiger partial charge in [-0.05, 0) is 37.0 Å². The molecule has 0 aromatic heterocycles. The van der Waals surface area contributed by atoms with E-state index in [4.69, 9.17) is 5.73 Å². The fourth-order valence-corrected chi connectivity index (χ4v) is 2.52. The van der Waals surface area contributed by atoms with Crippen molar-refractivity contribution in [2.45, 2.75) is 44.6 Å². The van der Waals surface area contributed by atoms with E-state index in [9.17, 15) is 5.11 Å². The lowest BCUT2D eigenvalue weighted by Gasteiger charge is -2.23. The number of aliphatic imine (C=N–C) groups is 1. The number of hydrogen-bond acceptors (Lipinski definition) is 2. The van der Waals surface area contributed by atoms with Crippen LogP contribution in [0, 0.1) is 0 Å². The van der Waals surface area contributed by atoms with Gasteiger partial charge in [0.25, 0.3) is 0 Å². The van der Waals surface area contributed by atoms with Crippen LogP contribution in [0.3, 0.4) is 0 Å². The van der Waals surface area contributed by atoms with Crippen molar-refractivity contribution >= 4 is 29.9 Å². The number of guanidine groups is 1. The summed E-state index contributed by atoms with van der Waals surface area (Å²) in [6, 6.07) is 7.77. The fourth-order valence-electron chi connectivity index (χ4n) is 2.52. The molecule has 1 aliphatic carbocycles. The second kappa shape index (κ2) is 9.05. The summed E-state index contributed by atoms with van der Waals surface area (Å²) in [6.45, 7) is 0.648. The van der Waals surface area contributed by atoms with Gasteiger partial charge in [-0.15, -0.1) is 24.0 Å². The van der Waals surface area contributed by atoms with Crippen molar-refractivity contribution in [2.24, 2.45) is 10.7 Å². The van der Waals surface area contributed by atoms with E-state index in [0.717, 1.165) is 12.0 Å². The molecular weight excluding hydrogens is 365 g/mol. The monoisotopic (exact) mass is 389 g/mol. The molecule has 0 radical (unpaired) electrons. The summed E-state index contributed by atoms with van der Waals surface area (Å²) in [7, 11) is 0. The van der Waals surface area contributed by atoms with Crippen LogP contribution >= 0.6 is 24.0 Å². The highest BCUT2D eigenvalue weighted by atomic mass is 127. The van der Waals surface area contributed by atoms with Crippen molar-refractivity contribution in [3.8, 4) is 5.75 Å². The number of benzene rings is 1. The highest BCUT2D eigenvalue weighted by Crippen LogP contribution is 2.17. The van der Waals surface area contributed by atoms with E-state index in [1.807, 2.05) is 12.1 Å². The van der Waals surface area contributed by atoms with Gasteiger partial charge in [0.15, 0.2) is 5.96 Å². The quantitative estimate of drug-likeness (QED) is 0.421. The zero-order valence-electron chi connectivity index (χ0n) is 11.7. The molecule has 1 fully saturated rings. The van der Waals surface area contributed by atoms with Crippen molar-refractivity contribution < 1.29 is 5.11 Å². The maximum absolute atomic E-state index is 9.37. The van der Waals surface area contributed by atoms with E-state index < -0.39 is 0 Å². The van der Waals surface area contributed by atoms with Crippen LogP contribution in [-0.4, -0.2) is 23.7 Å². The van der Waals surface area contributed by atoms with Gasteiger partial charge >= 0.3 is 0 Å². The minimum atomic E-state index is 0. The number of hydrogen-bond donors (Lipinski definition) is 3. The Labute approximate surface area is 137 Å². The molecule has 0 spiro atoms. The Morgan fingerprint density at radius 3 is 2.75 bits per heavy atom. The lowest BCUT2D eigenvalue weighted by Crippen LogP contribution is -2.41. The lowest BCUT2D eigenvalue weighted by atomic mass is 9.96. The second-order valence-corrected chi connectivity index (χ2v) is 5.17. The summed E-state index contributed by atoms with van der Waals surface area (Å²) in [5.41, 5.74) is 6.97. The molecule has 0 amide bonds. The van der Waals surface area contributed by atoms with Gasteiger partial charge < -0.3 is 16.2 Å². The number of aromatic hydroxyl groups is 1. The zero-order valence-corrected chi connectivity index (χ0v) is 14.0. The van der Waals surface area contributed by atoms with Crippen molar-refractivity contribution in [3.63, 3.8) is 0 Å². The summed E-state index contributed by atoms with van der Waals surface area (Å²) in [6.07, 6.45) is 7.10. The molecule has 0 bridgehead atoms. The van der Waals surface area contributed by atoms with Gasteiger partial charge in [-0.2, -0.15) is 0 Å². The number of nitrogens with two attached hydrogens (primary N) is 1. The summed E-state index contributed by atoms with van der Waals surface area (Å²) < 4.78 is 0. The number of nitrogens with zero attached hydrogens (tertiary/aromatic N) is 1. The van der Waals surface area contributed by atoms with E-state index >= 15 is 0 Å². The predicted octanol–water partition coefficient (Wildman–Crippen LogP) is 2.79. The predicted molar refractivity (Wildman–Crippen MR) is 93.7 cm³/mol. The van der Waals surface area contributed by atoms with Gasteiger partial charge in [0, 0.05) is 12.6 Å². The highest BCUT2D eigenvalue weighted by molar-refractivity contribution is 14.0. The number of rotatable bonds is 4. The Bertz CT molecular complexity index is 431. The van der Waals surface area contributed by atoms with Crippen LogP contribution in [0.1, 0.15) is 37.7 Å². The van der Waals surface area contributed by atoms with Gasteiger partial charge in [0.2, 0.25) is 0 Å². The Morgan fingerprint density at radius 2 is 2.05 bits per heavy atom. The first-order valence-corrected chi connectivity index (χ1v) is 7.08. The topological polar surface area (TPSA) is 70.6 Å². The van der Waals surface area contributed by atoms with Crippen LogP contribution < -0.4 is 11.1 Å². The van der Waals surface area contributed by atoms with Gasteiger partial charge in [-0.3, -0.25) is 4.99 Å². The molecule has 1 aromatic carbocycles. The largest absolute Gasteiger partial charge is 0.508 e. The van der Waals surface area contributed by atoms with Gasteiger partial charge in [-0.1, -0.05) is 31.4 Å². The van der Waals surface area contributed by atoms with Crippen molar-refractivity contribution in [1.82, 2.24) is 5.32 Å². The average molecular weight is 389 g/mol. The smallest absolute Gasteiger partial charge is 0.188 e. The Morgan fingerprint density at radius 1 is 1.30 bits per heavy atom. The van der Waals surface area contributed by atoms with E-state index in [1.54, 1.807) is 12.1 Å². The van der Waals surface area contributed by atoms with Gasteiger partial charge in [-0.25, -0.2) is 0 Å². The van der Waals surface area contributed by atoms with Crippen LogP contribution in [0.4, 0.5) is 0 Å². The third-order valence-corrected chi connectivity index (χ3v) is 3.55. The second-order valence-electron chi connectivity index (χ2n) is 5.17. The molecule has 1 aliphatic rings. The number of nitrogens with one attached hydrogen (secondary N) is 1. The highest BCUT2D eigenvalue weighted by Gasteiger charge is 2.12. The first-order chi connectivity index (χ1) is 9.24. The first-order valence-electron chi connectivity index (χ1n) is 7.08. The van der Waals surface area contributed by atoms with Crippen molar-refractivity contribution in [1.29, 1.82) is 0 Å². The molecule has 0 atom stereocenters. The molecular formula is C15H24IN3O. The van der Waals surface area contributed by atoms with E-state index in [1.165, 1.54) is 32.1 Å². The maximum Gasteiger partial charge on any atom is 0.188 e. The molecule has 4 N–H and O–H groups in total. The summed E-state index contributed by atoms with van der Waals surface area (Å²) in [4.78, 5) is 4.34. The third kappa shape index (κ3) is 5.98. The third-order valence-electron chi connectivity index (χ3n) is 3.55. The van der Waals surface area contributed by atoms with E-state index in [0.29, 0.717) is 24.3 Å². The fraction of sp³-hybridized carbons (Fsp3) is 0.533. The Hall–Kier alpha value is -0.980. The summed E-state index contributed by atoms with van der Waals surface area (Å²) in [5.74, 6) is 0.849. The molecule has 0 unspecified atom stereocenters. The number of phenolic OH excluding ortho intramolecular Hbond substituents is 1. The van der Waals surface area contributed by atoms with Crippen LogP contribution in [0.25, 0.3) is 0 Å². The molecule has 5 heteroatoms. The average Bonchev–Trinajstić information content (AvgIpc) is 2.40. The molecule has 0 heterocycles. The van der Waals surface area contributed by atoms with E-state index in [2.05, 4.69) is 10.3 Å². The molecule has 2 rings (SSSR count). The van der Waals surface area contributed by atoms with E-state index in [-0.39, 0.29) is 24.0 Å². The van der Waals surface area contributed by atoms with Crippen LogP contribution in [0.2, 0.25) is 0 Å². The van der Waals surface area contributed by atoms with Crippen LogP contribution in [-0.2, 0) is 6.42 Å². The minimum absolute atomic E-state index is 0. The van der Waals surface area contributed by atoms with Crippen LogP contribution in [0.15, 0.2) is 29.3 Å². The Balaban J connectivity index is 0.00000200. The molecule has 4 nitrogen and oxygen atoms in total. The van der Waals surface area contributed by atoms with Gasteiger partial charge in [0.1, 0.15) is 5.75 Å². The van der Waals surface area contributed by atoms with Crippen LogP contribution in [0.5, 0.6) is 5.75 Å². The Kier molecular flexibility index (Phi) is 7.72. The van der Waals surface area contributed by atoms with Crippen molar-refractivity contribution in [3.05, 3.63) is 29.8 Å². The minimum Gasteiger partial charge on any atom is -0.508 e. The summed E-state index contributed by atoms with van der Waals surface area (Å²) >= 11 is 0. The molecule has 1 saturated carbocycles. The van der Waals surface area contributed by atoms with Gasteiger partial charge in [0.05, 0.1) is 0 Å². The molecule has 0 saturated heterocycles. The SMILES string of the molecule is I.NC(=NCCc1cccc(O)c1)NC1CCCCC1. The number of phenols is 1. The molecule has 112 valence electrons.